The lowest BCUT2D eigenvalue weighted by Gasteiger charge is -2.41. The van der Waals surface area contributed by atoms with E-state index in [2.05, 4.69) is 16.3 Å². The number of nitrogens with two attached hydrogens (primary N) is 1. The smallest absolute Gasteiger partial charge is 0.316 e. The number of piperidine rings is 1. The topological polar surface area (TPSA) is 67.6 Å². The predicted molar refractivity (Wildman–Crippen MR) is 113 cm³/mol. The van der Waals surface area contributed by atoms with Gasteiger partial charge in [0.05, 0.1) is 12.0 Å². The van der Waals surface area contributed by atoms with Crippen LogP contribution in [0, 0.1) is 0 Å². The highest BCUT2D eigenvalue weighted by Gasteiger charge is 2.44. The van der Waals surface area contributed by atoms with Gasteiger partial charge in [-0.25, -0.2) is 0 Å². The Bertz CT molecular complexity index is 802. The average molecular weight is 384 g/mol. The summed E-state index contributed by atoms with van der Waals surface area (Å²) in [5, 5.41) is 3.22. The van der Waals surface area contributed by atoms with Gasteiger partial charge in [-0.1, -0.05) is 36.4 Å². The van der Waals surface area contributed by atoms with Crippen LogP contribution in [0.4, 0.5) is 11.4 Å². The number of ether oxygens (including phenoxy) is 1. The molecule has 0 unspecified atom stereocenters. The number of carbonyl (C=O) groups is 1. The van der Waals surface area contributed by atoms with Crippen LogP contribution in [-0.2, 0) is 14.9 Å². The molecule has 0 atom stereocenters. The molecule has 142 valence electrons. The van der Waals surface area contributed by atoms with Gasteiger partial charge in [0.2, 0.25) is 0 Å². The monoisotopic (exact) mass is 383 g/mol. The molecule has 6 heteroatoms. The minimum absolute atomic E-state index is 0.125. The Morgan fingerprint density at radius 3 is 2.52 bits per heavy atom. The molecule has 0 bridgehead atoms. The van der Waals surface area contributed by atoms with E-state index in [1.807, 2.05) is 55.5 Å². The normalized spacial score (nSPS) is 15.8. The number of thiocarbonyl (C=S) groups is 1. The van der Waals surface area contributed by atoms with Crippen molar-refractivity contribution in [3.05, 3.63) is 60.2 Å². The van der Waals surface area contributed by atoms with Crippen molar-refractivity contribution in [1.82, 2.24) is 0 Å². The number of rotatable bonds is 5. The molecule has 1 heterocycles. The summed E-state index contributed by atoms with van der Waals surface area (Å²) in [6, 6.07) is 18.0. The number of hydrogen-bond donors (Lipinski definition) is 2. The summed E-state index contributed by atoms with van der Waals surface area (Å²) in [5.74, 6) is -0.125. The average Bonchev–Trinajstić information content (AvgIpc) is 2.68. The number of carbonyl (C=O) groups excluding carboxylic acids is 1. The minimum atomic E-state index is -0.581. The molecule has 2 aromatic rings. The second-order valence-electron chi connectivity index (χ2n) is 6.70. The highest BCUT2D eigenvalue weighted by atomic mass is 32.1. The number of hydrogen-bond acceptors (Lipinski definition) is 4. The first kappa shape index (κ1) is 19.2. The van der Waals surface area contributed by atoms with Crippen LogP contribution in [0.5, 0.6) is 0 Å². The van der Waals surface area contributed by atoms with Gasteiger partial charge >= 0.3 is 5.97 Å². The van der Waals surface area contributed by atoms with E-state index in [-0.39, 0.29) is 11.1 Å². The largest absolute Gasteiger partial charge is 0.465 e. The highest BCUT2D eigenvalue weighted by molar-refractivity contribution is 7.80. The Labute approximate surface area is 165 Å². The van der Waals surface area contributed by atoms with Gasteiger partial charge in [-0.3, -0.25) is 4.79 Å². The molecule has 1 aliphatic heterocycles. The molecular weight excluding hydrogens is 358 g/mol. The molecule has 0 radical (unpaired) electrons. The molecule has 1 aliphatic rings. The molecule has 2 aromatic carbocycles. The van der Waals surface area contributed by atoms with Gasteiger partial charge in [0, 0.05) is 24.5 Å². The van der Waals surface area contributed by atoms with E-state index in [1.54, 1.807) is 0 Å². The van der Waals surface area contributed by atoms with Crippen LogP contribution < -0.4 is 16.0 Å². The van der Waals surface area contributed by atoms with Crippen molar-refractivity contribution in [3.63, 3.8) is 0 Å². The third-order valence-electron chi connectivity index (χ3n) is 5.09. The zero-order chi connectivity index (χ0) is 19.3. The fraction of sp³-hybridized carbons (Fsp3) is 0.333. The molecule has 0 saturated carbocycles. The lowest BCUT2D eigenvalue weighted by Crippen LogP contribution is -2.48. The van der Waals surface area contributed by atoms with Crippen LogP contribution in [0.15, 0.2) is 54.6 Å². The molecule has 5 nitrogen and oxygen atoms in total. The Morgan fingerprint density at radius 2 is 1.89 bits per heavy atom. The first-order valence-corrected chi connectivity index (χ1v) is 9.60. The summed E-state index contributed by atoms with van der Waals surface area (Å²) in [7, 11) is 0. The summed E-state index contributed by atoms with van der Waals surface area (Å²) in [5.41, 5.74) is 7.97. The second kappa shape index (κ2) is 8.39. The number of benzene rings is 2. The van der Waals surface area contributed by atoms with Crippen LogP contribution in [0.2, 0.25) is 0 Å². The van der Waals surface area contributed by atoms with Gasteiger partial charge in [-0.2, -0.15) is 0 Å². The van der Waals surface area contributed by atoms with Crippen molar-refractivity contribution < 1.29 is 9.53 Å². The first-order valence-electron chi connectivity index (χ1n) is 9.19. The standard InChI is InChI=1S/C21H25N3O2S/c1-2-26-19(25)21(16-7-4-3-5-8-16)11-13-24(14-12-21)18-10-6-9-17(15-18)23-20(22)27/h3-10,15H,2,11-14H2,1H3,(H3,22,23,27). The van der Waals surface area contributed by atoms with Crippen molar-refractivity contribution in [1.29, 1.82) is 0 Å². The lowest BCUT2D eigenvalue weighted by atomic mass is 9.72. The molecular formula is C21H25N3O2S. The van der Waals surface area contributed by atoms with E-state index in [0.717, 1.165) is 30.0 Å². The quantitative estimate of drug-likeness (QED) is 0.609. The fourth-order valence-electron chi connectivity index (χ4n) is 3.71. The molecule has 1 fully saturated rings. The predicted octanol–water partition coefficient (Wildman–Crippen LogP) is 3.44. The molecule has 0 aromatic heterocycles. The van der Waals surface area contributed by atoms with Gasteiger partial charge in [0.1, 0.15) is 0 Å². The minimum Gasteiger partial charge on any atom is -0.465 e. The maximum absolute atomic E-state index is 12.9. The molecule has 0 aliphatic carbocycles. The van der Waals surface area contributed by atoms with E-state index in [9.17, 15) is 4.79 Å². The second-order valence-corrected chi connectivity index (χ2v) is 7.14. The van der Waals surface area contributed by atoms with Crippen molar-refractivity contribution >= 4 is 34.7 Å². The van der Waals surface area contributed by atoms with E-state index in [0.29, 0.717) is 19.4 Å². The summed E-state index contributed by atoms with van der Waals surface area (Å²) < 4.78 is 5.45. The zero-order valence-corrected chi connectivity index (χ0v) is 16.3. The Hall–Kier alpha value is -2.60. The molecule has 3 rings (SSSR count). The Balaban J connectivity index is 1.80. The Kier molecular flexibility index (Phi) is 5.96. The number of anilines is 2. The van der Waals surface area contributed by atoms with Crippen LogP contribution >= 0.6 is 12.2 Å². The van der Waals surface area contributed by atoms with E-state index >= 15 is 0 Å². The lowest BCUT2D eigenvalue weighted by molar-refractivity contribution is -0.151. The van der Waals surface area contributed by atoms with Gasteiger partial charge < -0.3 is 20.7 Å². The third kappa shape index (κ3) is 4.22. The number of nitrogens with zero attached hydrogens (tertiary/aromatic N) is 1. The molecule has 0 spiro atoms. The highest BCUT2D eigenvalue weighted by Crippen LogP contribution is 2.38. The fourth-order valence-corrected chi connectivity index (χ4v) is 3.82. The van der Waals surface area contributed by atoms with Crippen LogP contribution in [0.25, 0.3) is 0 Å². The van der Waals surface area contributed by atoms with Crippen molar-refractivity contribution in [2.24, 2.45) is 5.73 Å². The maximum Gasteiger partial charge on any atom is 0.316 e. The molecule has 3 N–H and O–H groups in total. The van der Waals surface area contributed by atoms with Gasteiger partial charge in [-0.15, -0.1) is 0 Å². The summed E-state index contributed by atoms with van der Waals surface area (Å²) in [4.78, 5) is 15.1. The van der Waals surface area contributed by atoms with Crippen LogP contribution in [0.3, 0.4) is 0 Å². The van der Waals surface area contributed by atoms with Gasteiger partial charge in [-0.05, 0) is 55.7 Å². The van der Waals surface area contributed by atoms with Gasteiger partial charge in [0.15, 0.2) is 5.11 Å². The van der Waals surface area contributed by atoms with E-state index in [1.165, 1.54) is 0 Å². The summed E-state index contributed by atoms with van der Waals surface area (Å²) >= 11 is 4.92. The van der Waals surface area contributed by atoms with Gasteiger partial charge in [0.25, 0.3) is 0 Å². The van der Waals surface area contributed by atoms with Crippen molar-refractivity contribution in [2.45, 2.75) is 25.2 Å². The molecule has 0 amide bonds. The molecule has 1 saturated heterocycles. The van der Waals surface area contributed by atoms with E-state index in [4.69, 9.17) is 22.7 Å². The van der Waals surface area contributed by atoms with Crippen molar-refractivity contribution in [3.8, 4) is 0 Å². The van der Waals surface area contributed by atoms with Crippen LogP contribution in [-0.4, -0.2) is 30.8 Å². The maximum atomic E-state index is 12.9. The van der Waals surface area contributed by atoms with Crippen molar-refractivity contribution in [2.75, 3.05) is 29.9 Å². The first-order chi connectivity index (χ1) is 13.0. The summed E-state index contributed by atoms with van der Waals surface area (Å²) in [6.07, 6.45) is 1.42. The zero-order valence-electron chi connectivity index (χ0n) is 15.5. The number of esters is 1. The molecule has 27 heavy (non-hydrogen) atoms. The Morgan fingerprint density at radius 1 is 1.19 bits per heavy atom. The SMILES string of the molecule is CCOC(=O)C1(c2ccccc2)CCN(c2cccc(NC(N)=S)c2)CC1. The number of nitrogens with one attached hydrogen (secondary N) is 1. The summed E-state index contributed by atoms with van der Waals surface area (Å²) in [6.45, 7) is 3.78. The van der Waals surface area contributed by atoms with Crippen LogP contribution in [0.1, 0.15) is 25.3 Å². The third-order valence-corrected chi connectivity index (χ3v) is 5.19. The van der Waals surface area contributed by atoms with E-state index < -0.39 is 5.41 Å².